The summed E-state index contributed by atoms with van der Waals surface area (Å²) < 4.78 is 0.723. The summed E-state index contributed by atoms with van der Waals surface area (Å²) in [5, 5.41) is 15.5. The molecular weight excluding hydrogens is 328 g/mol. The van der Waals surface area contributed by atoms with Crippen molar-refractivity contribution in [3.63, 3.8) is 0 Å². The van der Waals surface area contributed by atoms with Gasteiger partial charge < -0.3 is 5.32 Å². The third-order valence-electron chi connectivity index (χ3n) is 2.32. The van der Waals surface area contributed by atoms with Gasteiger partial charge in [0.1, 0.15) is 5.01 Å². The van der Waals surface area contributed by atoms with E-state index in [1.807, 2.05) is 24.4 Å². The molecule has 3 amide bonds. The number of carbonyl (C=O) groups is 2. The van der Waals surface area contributed by atoms with Gasteiger partial charge in [-0.1, -0.05) is 29.2 Å². The molecule has 0 atom stereocenters. The topological polar surface area (TPSA) is 84.0 Å². The van der Waals surface area contributed by atoms with Crippen LogP contribution in [0, 0.1) is 6.92 Å². The summed E-state index contributed by atoms with van der Waals surface area (Å²) in [5.41, 5.74) is 0. The zero-order valence-electron chi connectivity index (χ0n) is 11.3. The number of amides is 3. The van der Waals surface area contributed by atoms with Crippen molar-refractivity contribution in [2.75, 3.05) is 12.3 Å². The molecule has 0 aromatic carbocycles. The van der Waals surface area contributed by atoms with Gasteiger partial charge in [0.15, 0.2) is 4.34 Å². The van der Waals surface area contributed by atoms with Crippen LogP contribution >= 0.6 is 34.4 Å². The zero-order chi connectivity index (χ0) is 15.1. The van der Waals surface area contributed by atoms with Gasteiger partial charge in [0.2, 0.25) is 5.91 Å². The third kappa shape index (κ3) is 5.82. The van der Waals surface area contributed by atoms with Gasteiger partial charge in [-0.3, -0.25) is 10.1 Å². The number of hydrogen-bond acceptors (Lipinski definition) is 7. The summed E-state index contributed by atoms with van der Waals surface area (Å²) in [6.07, 6.45) is 0.762. The third-order valence-corrected chi connectivity index (χ3v) is 5.23. The minimum absolute atomic E-state index is 0.146. The van der Waals surface area contributed by atoms with Crippen LogP contribution < -0.4 is 10.6 Å². The van der Waals surface area contributed by atoms with Crippen molar-refractivity contribution in [1.29, 1.82) is 0 Å². The van der Waals surface area contributed by atoms with E-state index in [-0.39, 0.29) is 11.7 Å². The van der Waals surface area contributed by atoms with Crippen LogP contribution in [-0.2, 0) is 11.2 Å². The molecule has 0 spiro atoms. The fourth-order valence-corrected chi connectivity index (χ4v) is 3.75. The number of rotatable bonds is 6. The minimum atomic E-state index is -0.467. The second kappa shape index (κ2) is 8.11. The van der Waals surface area contributed by atoms with Crippen LogP contribution in [0.1, 0.15) is 9.88 Å². The Labute approximate surface area is 134 Å². The quantitative estimate of drug-likeness (QED) is 0.785. The number of urea groups is 1. The number of aromatic nitrogens is 2. The van der Waals surface area contributed by atoms with Crippen LogP contribution in [0.3, 0.4) is 0 Å². The predicted molar refractivity (Wildman–Crippen MR) is 84.9 cm³/mol. The average Bonchev–Trinajstić information content (AvgIpc) is 3.08. The Morgan fingerprint density at radius 2 is 2.24 bits per heavy atom. The Hall–Kier alpha value is -1.45. The Morgan fingerprint density at radius 3 is 2.90 bits per heavy atom. The monoisotopic (exact) mass is 342 g/mol. The van der Waals surface area contributed by atoms with E-state index in [0.717, 1.165) is 15.8 Å². The number of carbonyl (C=O) groups excluding carboxylic acids is 2. The van der Waals surface area contributed by atoms with Gasteiger partial charge in [0.25, 0.3) is 0 Å². The molecule has 0 bridgehead atoms. The van der Waals surface area contributed by atoms with Crippen LogP contribution in [0.5, 0.6) is 0 Å². The molecule has 2 N–H and O–H groups in total. The number of thiophene rings is 1. The Bertz CT molecular complexity index is 597. The van der Waals surface area contributed by atoms with Crippen molar-refractivity contribution in [2.45, 2.75) is 17.7 Å². The number of hydrogen-bond donors (Lipinski definition) is 2. The molecule has 0 aliphatic heterocycles. The molecule has 0 fully saturated rings. The van der Waals surface area contributed by atoms with E-state index in [9.17, 15) is 9.59 Å². The van der Waals surface area contributed by atoms with Gasteiger partial charge in [-0.05, 0) is 24.8 Å². The first kappa shape index (κ1) is 15.9. The summed E-state index contributed by atoms with van der Waals surface area (Å²) in [6.45, 7) is 2.35. The van der Waals surface area contributed by atoms with Gasteiger partial charge >= 0.3 is 6.03 Å². The van der Waals surface area contributed by atoms with Gasteiger partial charge in [-0.15, -0.1) is 21.5 Å². The van der Waals surface area contributed by atoms with Crippen molar-refractivity contribution in [2.24, 2.45) is 0 Å². The van der Waals surface area contributed by atoms with Gasteiger partial charge in [-0.2, -0.15) is 0 Å². The number of thioether (sulfide) groups is 1. The van der Waals surface area contributed by atoms with Crippen molar-refractivity contribution in [1.82, 2.24) is 20.8 Å². The molecule has 9 heteroatoms. The van der Waals surface area contributed by atoms with E-state index in [1.54, 1.807) is 11.3 Å². The number of imide groups is 1. The van der Waals surface area contributed by atoms with Crippen molar-refractivity contribution < 1.29 is 9.59 Å². The lowest BCUT2D eigenvalue weighted by Crippen LogP contribution is -2.41. The highest BCUT2D eigenvalue weighted by Crippen LogP contribution is 2.21. The van der Waals surface area contributed by atoms with Crippen LogP contribution in [0.15, 0.2) is 21.9 Å². The van der Waals surface area contributed by atoms with Crippen LogP contribution in [0.4, 0.5) is 4.79 Å². The smallest absolute Gasteiger partial charge is 0.321 e. The maximum Gasteiger partial charge on any atom is 0.321 e. The molecule has 0 saturated heterocycles. The molecule has 0 radical (unpaired) electrons. The summed E-state index contributed by atoms with van der Waals surface area (Å²) >= 11 is 4.33. The van der Waals surface area contributed by atoms with Crippen molar-refractivity contribution in [3.05, 3.63) is 27.4 Å². The molecule has 112 valence electrons. The maximum absolute atomic E-state index is 11.6. The first-order chi connectivity index (χ1) is 10.1. The standard InChI is InChI=1S/C12H14N4O2S3/c1-8-15-16-12(21-8)20-7-10(17)14-11(18)13-5-4-9-3-2-6-19-9/h2-3,6H,4-5,7H2,1H3,(H2,13,14,17,18). The van der Waals surface area contributed by atoms with E-state index < -0.39 is 6.03 Å². The second-order valence-electron chi connectivity index (χ2n) is 4.01. The molecule has 0 aliphatic rings. The summed E-state index contributed by atoms with van der Waals surface area (Å²) in [6, 6.07) is 3.51. The zero-order valence-corrected chi connectivity index (χ0v) is 13.7. The summed E-state index contributed by atoms with van der Waals surface area (Å²) in [7, 11) is 0. The van der Waals surface area contributed by atoms with E-state index in [2.05, 4.69) is 20.8 Å². The van der Waals surface area contributed by atoms with Crippen LogP contribution in [-0.4, -0.2) is 34.4 Å². The SMILES string of the molecule is Cc1nnc(SCC(=O)NC(=O)NCCc2cccs2)s1. The van der Waals surface area contributed by atoms with E-state index in [4.69, 9.17) is 0 Å². The summed E-state index contributed by atoms with van der Waals surface area (Å²) in [4.78, 5) is 24.3. The normalized spacial score (nSPS) is 10.3. The fourth-order valence-electron chi connectivity index (χ4n) is 1.43. The van der Waals surface area contributed by atoms with Crippen molar-refractivity contribution in [3.8, 4) is 0 Å². The van der Waals surface area contributed by atoms with E-state index >= 15 is 0 Å². The molecule has 21 heavy (non-hydrogen) atoms. The predicted octanol–water partition coefficient (Wildman–Crippen LogP) is 2.07. The largest absolute Gasteiger partial charge is 0.337 e. The number of nitrogens with one attached hydrogen (secondary N) is 2. The first-order valence-electron chi connectivity index (χ1n) is 6.16. The van der Waals surface area contributed by atoms with Crippen molar-refractivity contribution >= 4 is 46.4 Å². The number of nitrogens with zero attached hydrogens (tertiary/aromatic N) is 2. The Balaban J connectivity index is 1.61. The lowest BCUT2D eigenvalue weighted by molar-refractivity contribution is -0.117. The fraction of sp³-hybridized carbons (Fsp3) is 0.333. The number of aryl methyl sites for hydroxylation is 1. The first-order valence-corrected chi connectivity index (χ1v) is 8.84. The minimum Gasteiger partial charge on any atom is -0.337 e. The van der Waals surface area contributed by atoms with E-state index in [0.29, 0.717) is 6.54 Å². The molecule has 6 nitrogen and oxygen atoms in total. The molecule has 0 saturated carbocycles. The van der Waals surface area contributed by atoms with Gasteiger partial charge in [0.05, 0.1) is 5.75 Å². The molecule has 2 heterocycles. The van der Waals surface area contributed by atoms with Gasteiger partial charge in [-0.25, -0.2) is 4.79 Å². The molecule has 0 aliphatic carbocycles. The highest BCUT2D eigenvalue weighted by molar-refractivity contribution is 8.01. The highest BCUT2D eigenvalue weighted by atomic mass is 32.2. The van der Waals surface area contributed by atoms with Crippen LogP contribution in [0.2, 0.25) is 0 Å². The molecule has 2 aromatic rings. The summed E-state index contributed by atoms with van der Waals surface area (Å²) in [5.74, 6) is -0.200. The average molecular weight is 342 g/mol. The molecule has 0 unspecified atom stereocenters. The Kier molecular flexibility index (Phi) is 6.15. The maximum atomic E-state index is 11.6. The molecule has 2 rings (SSSR count). The van der Waals surface area contributed by atoms with Gasteiger partial charge in [0, 0.05) is 11.4 Å². The Morgan fingerprint density at radius 1 is 1.38 bits per heavy atom. The van der Waals surface area contributed by atoms with Crippen LogP contribution in [0.25, 0.3) is 0 Å². The molecule has 2 aromatic heterocycles. The molecular formula is C12H14N4O2S3. The van der Waals surface area contributed by atoms with E-state index in [1.165, 1.54) is 28.0 Å². The highest BCUT2D eigenvalue weighted by Gasteiger charge is 2.09. The lowest BCUT2D eigenvalue weighted by Gasteiger charge is -2.05. The lowest BCUT2D eigenvalue weighted by atomic mass is 10.3. The second-order valence-corrected chi connectivity index (χ2v) is 7.45.